The molecule has 2 heterocycles. The van der Waals surface area contributed by atoms with Gasteiger partial charge >= 0.3 is 12.1 Å². The number of anilines is 1. The summed E-state index contributed by atoms with van der Waals surface area (Å²) < 4.78 is 5.23. The molecule has 2 rings (SSSR count). The first kappa shape index (κ1) is 19.2. The van der Waals surface area contributed by atoms with Crippen molar-refractivity contribution in [2.24, 2.45) is 0 Å². The third-order valence-electron chi connectivity index (χ3n) is 3.77. The zero-order valence-corrected chi connectivity index (χ0v) is 15.7. The Labute approximate surface area is 151 Å². The molecule has 9 heteroatoms. The Morgan fingerprint density at radius 2 is 2.04 bits per heavy atom. The summed E-state index contributed by atoms with van der Waals surface area (Å²) in [7, 11) is 0. The number of carbonyl (C=O) groups is 2. The molecule has 8 nitrogen and oxygen atoms in total. The number of ether oxygens (including phenoxy) is 1. The van der Waals surface area contributed by atoms with Gasteiger partial charge in [-0.1, -0.05) is 0 Å². The van der Waals surface area contributed by atoms with E-state index in [4.69, 9.17) is 16.3 Å². The second kappa shape index (κ2) is 6.67. The van der Waals surface area contributed by atoms with E-state index in [0.717, 1.165) is 0 Å². The third-order valence-corrected chi connectivity index (χ3v) is 3.95. The molecule has 0 saturated heterocycles. The van der Waals surface area contributed by atoms with E-state index in [1.165, 1.54) is 6.20 Å². The fraction of sp³-hybridized carbons (Fsp3) is 0.625. The van der Waals surface area contributed by atoms with E-state index in [0.29, 0.717) is 11.4 Å². The molecule has 1 aromatic rings. The molecule has 1 aromatic heterocycles. The van der Waals surface area contributed by atoms with Gasteiger partial charge in [0.25, 0.3) is 0 Å². The number of nitrogens with zero attached hydrogens (tertiary/aromatic N) is 3. The number of nitrogens with one attached hydrogen (secondary N) is 1. The number of aromatic nitrogens is 2. The van der Waals surface area contributed by atoms with E-state index in [9.17, 15) is 14.7 Å². The zero-order chi connectivity index (χ0) is 19.0. The number of rotatable bonds is 4. The van der Waals surface area contributed by atoms with Crippen LogP contribution in [-0.4, -0.2) is 50.9 Å². The molecular weight excluding hydrogens is 348 g/mol. The lowest BCUT2D eigenvalue weighted by Crippen LogP contribution is -2.57. The molecule has 1 aliphatic heterocycles. The molecule has 0 aliphatic carbocycles. The molecule has 1 amide bonds. The van der Waals surface area contributed by atoms with Gasteiger partial charge in [0.2, 0.25) is 5.28 Å². The van der Waals surface area contributed by atoms with Crippen molar-refractivity contribution < 1.29 is 19.4 Å². The number of amides is 1. The Bertz CT molecular complexity index is 687. The summed E-state index contributed by atoms with van der Waals surface area (Å²) in [5, 5.41) is 12.3. The monoisotopic (exact) mass is 370 g/mol. The van der Waals surface area contributed by atoms with Gasteiger partial charge in [0.1, 0.15) is 17.5 Å². The molecule has 25 heavy (non-hydrogen) atoms. The van der Waals surface area contributed by atoms with E-state index in [2.05, 4.69) is 15.3 Å². The van der Waals surface area contributed by atoms with Gasteiger partial charge in [-0.05, 0) is 46.2 Å². The number of carboxylic acids is 1. The number of aliphatic carboxylic acids is 1. The van der Waals surface area contributed by atoms with Crippen LogP contribution < -0.4 is 10.2 Å². The van der Waals surface area contributed by atoms with Gasteiger partial charge in [-0.15, -0.1) is 0 Å². The molecule has 1 unspecified atom stereocenters. The average molecular weight is 371 g/mol. The lowest BCUT2D eigenvalue weighted by molar-refractivity contribution is -0.138. The number of alkyl carbamates (subject to hydrolysis) is 1. The Balaban J connectivity index is 2.22. The highest BCUT2D eigenvalue weighted by molar-refractivity contribution is 6.28. The van der Waals surface area contributed by atoms with Crippen LogP contribution in [0.1, 0.15) is 40.2 Å². The van der Waals surface area contributed by atoms with Crippen LogP contribution in [0, 0.1) is 0 Å². The Kier molecular flexibility index (Phi) is 5.13. The highest BCUT2D eigenvalue weighted by atomic mass is 35.5. The van der Waals surface area contributed by atoms with E-state index < -0.39 is 29.2 Å². The maximum Gasteiger partial charge on any atom is 0.407 e. The van der Waals surface area contributed by atoms with Crippen LogP contribution in [0.4, 0.5) is 10.6 Å². The second-order valence-corrected chi connectivity index (χ2v) is 7.92. The standard InChI is InChI=1S/C16H23ClN4O4/c1-15(2,3)25-14(24)19-8-16(4,5)21-10(12(22)23)6-9-7-18-13(17)20-11(9)21/h7,10H,6,8H2,1-5H3,(H,19,24)(H,22,23). The van der Waals surface area contributed by atoms with Crippen LogP contribution in [0.5, 0.6) is 0 Å². The lowest BCUT2D eigenvalue weighted by Gasteiger charge is -2.40. The minimum Gasteiger partial charge on any atom is -0.480 e. The smallest absolute Gasteiger partial charge is 0.407 e. The summed E-state index contributed by atoms with van der Waals surface area (Å²) in [5.41, 5.74) is -0.635. The van der Waals surface area contributed by atoms with Gasteiger partial charge in [0.05, 0.1) is 5.54 Å². The van der Waals surface area contributed by atoms with Crippen LogP contribution >= 0.6 is 11.6 Å². The summed E-state index contributed by atoms with van der Waals surface area (Å²) in [6.45, 7) is 9.14. The highest BCUT2D eigenvalue weighted by Gasteiger charge is 2.44. The van der Waals surface area contributed by atoms with Crippen molar-refractivity contribution in [3.8, 4) is 0 Å². The SMILES string of the molecule is CC(C)(C)OC(=O)NCC(C)(C)N1c2nc(Cl)ncc2CC1C(=O)O. The van der Waals surface area contributed by atoms with Crippen LogP contribution in [0.2, 0.25) is 5.28 Å². The topological polar surface area (TPSA) is 105 Å². The quantitative estimate of drug-likeness (QED) is 0.783. The van der Waals surface area contributed by atoms with Crippen LogP contribution in [0.15, 0.2) is 6.20 Å². The summed E-state index contributed by atoms with van der Waals surface area (Å²) in [4.78, 5) is 33.4. The predicted molar refractivity (Wildman–Crippen MR) is 93.0 cm³/mol. The fourth-order valence-electron chi connectivity index (χ4n) is 2.77. The van der Waals surface area contributed by atoms with Crippen molar-refractivity contribution >= 4 is 29.5 Å². The third kappa shape index (κ3) is 4.50. The van der Waals surface area contributed by atoms with E-state index >= 15 is 0 Å². The van der Waals surface area contributed by atoms with E-state index in [-0.39, 0.29) is 18.2 Å². The number of hydrogen-bond acceptors (Lipinski definition) is 6. The van der Waals surface area contributed by atoms with Gasteiger partial charge in [0, 0.05) is 24.7 Å². The molecule has 138 valence electrons. The van der Waals surface area contributed by atoms with Crippen LogP contribution in [0.3, 0.4) is 0 Å². The maximum absolute atomic E-state index is 11.9. The molecule has 0 fully saturated rings. The number of carbonyl (C=O) groups excluding carboxylic acids is 1. The van der Waals surface area contributed by atoms with Gasteiger partial charge in [-0.2, -0.15) is 0 Å². The van der Waals surface area contributed by atoms with Crippen LogP contribution in [0.25, 0.3) is 0 Å². The molecule has 0 bridgehead atoms. The fourth-order valence-corrected chi connectivity index (χ4v) is 2.90. The first-order valence-corrected chi connectivity index (χ1v) is 8.29. The number of halogens is 1. The normalized spacial score (nSPS) is 17.2. The van der Waals surface area contributed by atoms with Crippen molar-refractivity contribution in [3.63, 3.8) is 0 Å². The molecule has 1 aliphatic rings. The highest BCUT2D eigenvalue weighted by Crippen LogP contribution is 2.36. The summed E-state index contributed by atoms with van der Waals surface area (Å²) in [6, 6.07) is -0.807. The van der Waals surface area contributed by atoms with E-state index in [1.54, 1.807) is 25.7 Å². The zero-order valence-electron chi connectivity index (χ0n) is 15.0. The average Bonchev–Trinajstić information content (AvgIpc) is 2.83. The number of fused-ring (bicyclic) bond motifs is 1. The van der Waals surface area contributed by atoms with Crippen molar-refractivity contribution in [3.05, 3.63) is 17.0 Å². The summed E-state index contributed by atoms with van der Waals surface area (Å²) in [5.74, 6) is -0.497. The van der Waals surface area contributed by atoms with Crippen molar-refractivity contribution in [2.45, 2.75) is 58.2 Å². The molecule has 0 radical (unpaired) electrons. The Morgan fingerprint density at radius 1 is 1.40 bits per heavy atom. The summed E-state index contributed by atoms with van der Waals surface area (Å²) >= 11 is 5.88. The number of carboxylic acid groups (broad SMARTS) is 1. The molecule has 1 atom stereocenters. The van der Waals surface area contributed by atoms with Gasteiger partial charge in [-0.25, -0.2) is 19.6 Å². The summed E-state index contributed by atoms with van der Waals surface area (Å²) in [6.07, 6.45) is 1.25. The number of hydrogen-bond donors (Lipinski definition) is 2. The largest absolute Gasteiger partial charge is 0.480 e. The lowest BCUT2D eigenvalue weighted by atomic mass is 10.0. The van der Waals surface area contributed by atoms with Crippen LogP contribution in [-0.2, 0) is 16.0 Å². The van der Waals surface area contributed by atoms with E-state index in [1.807, 2.05) is 13.8 Å². The minimum atomic E-state index is -0.973. The van der Waals surface area contributed by atoms with Gasteiger partial charge < -0.3 is 20.1 Å². The Morgan fingerprint density at radius 3 is 2.60 bits per heavy atom. The first-order valence-electron chi connectivity index (χ1n) is 7.91. The first-order chi connectivity index (χ1) is 11.4. The Hall–Kier alpha value is -2.09. The van der Waals surface area contributed by atoms with Crippen molar-refractivity contribution in [2.75, 3.05) is 11.4 Å². The molecule has 0 aromatic carbocycles. The molecule has 0 spiro atoms. The van der Waals surface area contributed by atoms with Gasteiger partial charge in [-0.3, -0.25) is 0 Å². The maximum atomic E-state index is 11.9. The molecular formula is C16H23ClN4O4. The van der Waals surface area contributed by atoms with Gasteiger partial charge in [0.15, 0.2) is 0 Å². The molecule has 0 saturated carbocycles. The predicted octanol–water partition coefficient (Wildman–Crippen LogP) is 2.25. The van der Waals surface area contributed by atoms with Crippen molar-refractivity contribution in [1.29, 1.82) is 0 Å². The molecule has 2 N–H and O–H groups in total. The van der Waals surface area contributed by atoms with Crippen molar-refractivity contribution in [1.82, 2.24) is 15.3 Å². The second-order valence-electron chi connectivity index (χ2n) is 7.58. The minimum absolute atomic E-state index is 0.0469.